The number of rotatable bonds is 6. The van der Waals surface area contributed by atoms with E-state index in [-0.39, 0.29) is 41.0 Å². The minimum absolute atomic E-state index is 0. The summed E-state index contributed by atoms with van der Waals surface area (Å²) in [7, 11) is 0. The number of benzene rings is 2. The smallest absolute Gasteiger partial charge is 1.00 e. The number of para-hydroxylation sites is 2. The molecule has 0 aliphatic carbocycles. The van der Waals surface area contributed by atoms with Crippen LogP contribution in [0, 0.1) is 0 Å². The molecule has 2 aromatic carbocycles. The van der Waals surface area contributed by atoms with Crippen LogP contribution in [0.4, 0.5) is 11.4 Å². The zero-order valence-corrected chi connectivity index (χ0v) is 23.4. The molecule has 34 heavy (non-hydrogen) atoms. The van der Waals surface area contributed by atoms with Crippen LogP contribution in [0.15, 0.2) is 117 Å². The molecule has 0 aliphatic rings. The number of pyridine rings is 2. The van der Waals surface area contributed by atoms with E-state index in [4.69, 9.17) is 0 Å². The third-order valence-electron chi connectivity index (χ3n) is 4.22. The molecule has 0 bridgehead atoms. The van der Waals surface area contributed by atoms with Crippen LogP contribution in [-0.2, 0) is 17.1 Å². The average Bonchev–Trinajstić information content (AvgIpc) is 2.88. The van der Waals surface area contributed by atoms with Gasteiger partial charge in [-0.25, -0.2) is 0 Å². The number of nitrogens with zero attached hydrogens (tertiary/aromatic N) is 4. The first kappa shape index (κ1) is 30.1. The molecule has 4 nitrogen and oxygen atoms in total. The summed E-state index contributed by atoms with van der Waals surface area (Å²) in [6, 6.07) is 27.7. The largest absolute Gasteiger partial charge is 1.00 e. The van der Waals surface area contributed by atoms with E-state index < -0.39 is 0 Å². The van der Waals surface area contributed by atoms with Crippen molar-refractivity contribution in [2.45, 2.75) is 9.79 Å². The molecule has 2 aromatic heterocycles. The monoisotopic (exact) mass is 646 g/mol. The first-order chi connectivity index (χ1) is 15.8. The molecule has 178 valence electrons. The van der Waals surface area contributed by atoms with E-state index in [1.165, 1.54) is 9.79 Å². The third kappa shape index (κ3) is 10.1. The zero-order chi connectivity index (χ0) is 22.4. The molecule has 4 rings (SSSR count). The van der Waals surface area contributed by atoms with Gasteiger partial charge >= 0.3 is 17.1 Å². The summed E-state index contributed by atoms with van der Waals surface area (Å²) >= 11 is 3.39. The van der Waals surface area contributed by atoms with Crippen molar-refractivity contribution in [3.63, 3.8) is 0 Å². The predicted molar refractivity (Wildman–Crippen MR) is 139 cm³/mol. The number of hydrogen-bond acceptors (Lipinski definition) is 6. The Morgan fingerprint density at radius 2 is 0.971 bits per heavy atom. The van der Waals surface area contributed by atoms with Gasteiger partial charge in [-0.1, -0.05) is 36.4 Å². The second kappa shape index (κ2) is 17.5. The zero-order valence-electron chi connectivity index (χ0n) is 18.7. The van der Waals surface area contributed by atoms with Crippen molar-refractivity contribution in [1.29, 1.82) is 0 Å². The Morgan fingerprint density at radius 3 is 1.32 bits per heavy atom. The van der Waals surface area contributed by atoms with Crippen LogP contribution in [0.3, 0.4) is 0 Å². The number of aliphatic imine (C=N–C) groups is 2. The van der Waals surface area contributed by atoms with Crippen LogP contribution in [0.1, 0.15) is 11.4 Å². The van der Waals surface area contributed by atoms with Crippen LogP contribution in [0.5, 0.6) is 0 Å². The Morgan fingerprint density at radius 1 is 0.588 bits per heavy atom. The van der Waals surface area contributed by atoms with Gasteiger partial charge in [-0.3, -0.25) is 20.0 Å². The maximum absolute atomic E-state index is 4.44. The van der Waals surface area contributed by atoms with Crippen LogP contribution in [-0.4, -0.2) is 34.9 Å². The second-order valence-electron chi connectivity index (χ2n) is 6.37. The van der Waals surface area contributed by atoms with Gasteiger partial charge in [0.15, 0.2) is 0 Å². The van der Waals surface area contributed by atoms with Crippen molar-refractivity contribution in [3.05, 3.63) is 109 Å². The molecule has 0 saturated heterocycles. The second-order valence-corrected chi connectivity index (χ2v) is 8.07. The van der Waals surface area contributed by atoms with Crippen molar-refractivity contribution >= 4 is 47.3 Å². The molecular weight excluding hydrogens is 623 g/mol. The third-order valence-corrected chi connectivity index (χ3v) is 5.79. The summed E-state index contributed by atoms with van der Waals surface area (Å²) in [5, 5.41) is 0. The molecule has 0 fully saturated rings. The molecule has 0 aliphatic heterocycles. The summed E-state index contributed by atoms with van der Waals surface area (Å²) in [4.78, 5) is 19.6. The predicted octanol–water partition coefficient (Wildman–Crippen LogP) is 4.11. The first-order valence-corrected chi connectivity index (χ1v) is 12.4. The van der Waals surface area contributed by atoms with Crippen LogP contribution < -0.4 is 24.0 Å². The molecular formula is C26H24CuIN4S2. The van der Waals surface area contributed by atoms with Gasteiger partial charge in [-0.05, 0) is 61.0 Å². The van der Waals surface area contributed by atoms with Crippen LogP contribution >= 0.6 is 23.5 Å². The molecule has 0 unspecified atom stereocenters. The van der Waals surface area contributed by atoms with Crippen LogP contribution in [0.25, 0.3) is 0 Å². The van der Waals surface area contributed by atoms with E-state index >= 15 is 0 Å². The van der Waals surface area contributed by atoms with Crippen molar-refractivity contribution in [3.8, 4) is 0 Å². The van der Waals surface area contributed by atoms with Gasteiger partial charge < -0.3 is 24.0 Å². The normalized spacial score (nSPS) is 10.2. The van der Waals surface area contributed by atoms with Gasteiger partial charge in [0.2, 0.25) is 0 Å². The summed E-state index contributed by atoms with van der Waals surface area (Å²) in [5.41, 5.74) is 3.72. The summed E-state index contributed by atoms with van der Waals surface area (Å²) < 4.78 is 0. The molecule has 0 saturated carbocycles. The molecule has 2 heterocycles. The fraction of sp³-hybridized carbons (Fsp3) is 0.0769. The van der Waals surface area contributed by atoms with Gasteiger partial charge in [0, 0.05) is 22.2 Å². The van der Waals surface area contributed by atoms with Crippen LogP contribution in [0.2, 0.25) is 0 Å². The summed E-state index contributed by atoms with van der Waals surface area (Å²) in [6.07, 6.45) is 11.2. The Labute approximate surface area is 237 Å². The molecule has 0 radical (unpaired) electrons. The van der Waals surface area contributed by atoms with Gasteiger partial charge in [0.1, 0.15) is 0 Å². The maximum atomic E-state index is 4.44. The topological polar surface area (TPSA) is 50.5 Å². The number of halogens is 1. The van der Waals surface area contributed by atoms with E-state index in [0.29, 0.717) is 0 Å². The number of thioether (sulfide) groups is 2. The average molecular weight is 647 g/mol. The van der Waals surface area contributed by atoms with E-state index in [9.17, 15) is 0 Å². The Bertz CT molecular complexity index is 1070. The quantitative estimate of drug-likeness (QED) is 0.137. The Balaban J connectivity index is 0.000000321. The fourth-order valence-electron chi connectivity index (χ4n) is 2.65. The van der Waals surface area contributed by atoms with Crippen molar-refractivity contribution < 1.29 is 41.0 Å². The summed E-state index contributed by atoms with van der Waals surface area (Å²) in [5.74, 6) is 0. The minimum Gasteiger partial charge on any atom is -1.00 e. The molecule has 0 amide bonds. The van der Waals surface area contributed by atoms with Gasteiger partial charge in [0.05, 0.1) is 35.2 Å². The van der Waals surface area contributed by atoms with Crippen molar-refractivity contribution in [1.82, 2.24) is 9.97 Å². The summed E-state index contributed by atoms with van der Waals surface area (Å²) in [6.45, 7) is 0. The fourth-order valence-corrected chi connectivity index (χ4v) is 3.74. The van der Waals surface area contributed by atoms with E-state index in [1.807, 2.05) is 72.8 Å². The minimum atomic E-state index is 0. The first-order valence-electron chi connectivity index (χ1n) is 9.96. The van der Waals surface area contributed by atoms with Gasteiger partial charge in [0.25, 0.3) is 0 Å². The molecule has 0 atom stereocenters. The van der Waals surface area contributed by atoms with Gasteiger partial charge in [-0.2, -0.15) is 0 Å². The molecule has 0 N–H and O–H groups in total. The van der Waals surface area contributed by atoms with E-state index in [2.05, 4.69) is 44.6 Å². The number of aromatic nitrogens is 2. The van der Waals surface area contributed by atoms with E-state index in [0.717, 1.165) is 22.8 Å². The molecule has 8 heteroatoms. The van der Waals surface area contributed by atoms with Crippen molar-refractivity contribution in [2.75, 3.05) is 12.5 Å². The molecule has 0 spiro atoms. The molecule has 4 aromatic rings. The maximum Gasteiger partial charge on any atom is 1.00 e. The van der Waals surface area contributed by atoms with Gasteiger partial charge in [-0.15, -0.1) is 23.5 Å². The number of hydrogen-bond donors (Lipinski definition) is 0. The standard InChI is InChI=1S/2C13H12N2S.Cu.HI/c2*1-16-13-8-3-2-7-12(13)15-10-11-6-4-5-9-14-11;;/h2*2-10H,1H3;;1H/q;;+1;/p-1. The Hall–Kier alpha value is -1.97. The van der Waals surface area contributed by atoms with E-state index in [1.54, 1.807) is 48.3 Å². The SMILES string of the molecule is CSc1ccccc1N=Cc1ccccn1.CSc1ccccc1N=Cc1ccccn1.[Cu+].[I-]. The van der Waals surface area contributed by atoms with Crippen molar-refractivity contribution in [2.24, 2.45) is 9.98 Å². The Kier molecular flexibility index (Phi) is 15.4.